The topological polar surface area (TPSA) is 48.8 Å². The van der Waals surface area contributed by atoms with Crippen molar-refractivity contribution >= 4 is 76.5 Å². The zero-order valence-corrected chi connectivity index (χ0v) is 29.5. The molecular formula is C50H30N4O. The Hall–Kier alpha value is -7.50. The molecule has 4 heterocycles. The van der Waals surface area contributed by atoms with Crippen molar-refractivity contribution in [3.05, 3.63) is 182 Å². The Bertz CT molecular complexity index is 3480. The second kappa shape index (κ2) is 11.5. The van der Waals surface area contributed by atoms with Crippen LogP contribution in [0.25, 0.3) is 110 Å². The predicted molar refractivity (Wildman–Crippen MR) is 226 cm³/mol. The highest BCUT2D eigenvalue weighted by atomic mass is 16.3. The molecule has 0 saturated heterocycles. The maximum Gasteiger partial charge on any atom is 0.235 e. The number of hydrogen-bond donors (Lipinski definition) is 0. The first-order chi connectivity index (χ1) is 27.3. The van der Waals surface area contributed by atoms with E-state index in [1.807, 2.05) is 18.2 Å². The molecule has 0 aliphatic carbocycles. The fourth-order valence-corrected chi connectivity index (χ4v) is 8.75. The first-order valence-electron chi connectivity index (χ1n) is 18.6. The van der Waals surface area contributed by atoms with Crippen LogP contribution in [0.3, 0.4) is 0 Å². The molecule has 8 aromatic carbocycles. The fraction of sp³-hybridized carbons (Fsp3) is 0. The van der Waals surface area contributed by atoms with Crippen molar-refractivity contribution in [1.82, 2.24) is 19.1 Å². The summed E-state index contributed by atoms with van der Waals surface area (Å²) in [6.45, 7) is 0. The molecule has 12 rings (SSSR count). The van der Waals surface area contributed by atoms with E-state index in [9.17, 15) is 0 Å². The molecule has 0 spiro atoms. The first-order valence-corrected chi connectivity index (χ1v) is 18.6. The average Bonchev–Trinajstić information content (AvgIpc) is 3.91. The van der Waals surface area contributed by atoms with Crippen molar-refractivity contribution < 1.29 is 4.42 Å². The van der Waals surface area contributed by atoms with Gasteiger partial charge in [-0.1, -0.05) is 127 Å². The Labute approximate surface area is 315 Å². The minimum Gasteiger partial charge on any atom is -0.455 e. The molecular weight excluding hydrogens is 673 g/mol. The Kier molecular flexibility index (Phi) is 6.27. The number of rotatable bonds is 4. The standard InChI is InChI=1S/C50H30N4O/c1-3-14-31(15-4-1)33-18-13-19-34(30-33)53-42-29-28-41-45(46(42)47-43(53)27-26-36-35-20-9-12-25-44(35)55-49(36)47)38-22-8-11-24-40(38)54(41)50-51-39-23-10-7-21-37(39)48(52-50)32-16-5-2-6-17-32/h1-30H. The Balaban J connectivity index is 1.24. The lowest BCUT2D eigenvalue weighted by Gasteiger charge is -2.12. The Morgan fingerprint density at radius 2 is 1.02 bits per heavy atom. The van der Waals surface area contributed by atoms with Gasteiger partial charge in [-0.3, -0.25) is 4.57 Å². The highest BCUT2D eigenvalue weighted by Gasteiger charge is 2.25. The van der Waals surface area contributed by atoms with Crippen LogP contribution < -0.4 is 0 Å². The number of para-hydroxylation sites is 3. The van der Waals surface area contributed by atoms with Gasteiger partial charge in [-0.15, -0.1) is 0 Å². The number of hydrogen-bond acceptors (Lipinski definition) is 3. The molecule has 0 amide bonds. The quantitative estimate of drug-likeness (QED) is 0.183. The summed E-state index contributed by atoms with van der Waals surface area (Å²) in [5.41, 5.74) is 12.3. The third-order valence-electron chi connectivity index (χ3n) is 11.1. The monoisotopic (exact) mass is 702 g/mol. The lowest BCUT2D eigenvalue weighted by atomic mass is 10.0. The van der Waals surface area contributed by atoms with Crippen LogP contribution in [0.5, 0.6) is 0 Å². The van der Waals surface area contributed by atoms with Crippen molar-refractivity contribution in [3.8, 4) is 34.0 Å². The van der Waals surface area contributed by atoms with Gasteiger partial charge >= 0.3 is 0 Å². The van der Waals surface area contributed by atoms with Gasteiger partial charge in [-0.05, 0) is 65.7 Å². The lowest BCUT2D eigenvalue weighted by Crippen LogP contribution is -2.03. The van der Waals surface area contributed by atoms with E-state index in [1.165, 1.54) is 11.1 Å². The molecule has 0 aliphatic heterocycles. The summed E-state index contributed by atoms with van der Waals surface area (Å²) in [4.78, 5) is 10.6. The van der Waals surface area contributed by atoms with Gasteiger partial charge in [0.15, 0.2) is 0 Å². The number of aromatic nitrogens is 4. The highest BCUT2D eigenvalue weighted by Crippen LogP contribution is 2.46. The maximum atomic E-state index is 6.84. The summed E-state index contributed by atoms with van der Waals surface area (Å²) in [6.07, 6.45) is 0. The SMILES string of the molecule is c1ccc(-c2cccc(-n3c4ccc5c6ccccc6oc5c4c4c5c6ccccc6n(-c6nc(-c7ccccc7)c7ccccc7n6)c5ccc43)c2)cc1. The van der Waals surface area contributed by atoms with Crippen molar-refractivity contribution in [2.45, 2.75) is 0 Å². The average molecular weight is 703 g/mol. The fourth-order valence-electron chi connectivity index (χ4n) is 8.75. The molecule has 256 valence electrons. The Morgan fingerprint density at radius 3 is 1.85 bits per heavy atom. The summed E-state index contributed by atoms with van der Waals surface area (Å²) in [5, 5.41) is 7.74. The van der Waals surface area contributed by atoms with Crippen LogP contribution in [0.4, 0.5) is 0 Å². The van der Waals surface area contributed by atoms with E-state index in [0.717, 1.165) is 93.4 Å². The van der Waals surface area contributed by atoms with Gasteiger partial charge in [-0.2, -0.15) is 0 Å². The molecule has 5 nitrogen and oxygen atoms in total. The van der Waals surface area contributed by atoms with Crippen LogP contribution in [0.2, 0.25) is 0 Å². The maximum absolute atomic E-state index is 6.84. The van der Waals surface area contributed by atoms with Gasteiger partial charge in [0.1, 0.15) is 11.2 Å². The molecule has 0 saturated carbocycles. The van der Waals surface area contributed by atoms with Crippen molar-refractivity contribution in [2.75, 3.05) is 0 Å². The van der Waals surface area contributed by atoms with Crippen LogP contribution >= 0.6 is 0 Å². The molecule has 0 aliphatic rings. The molecule has 0 atom stereocenters. The number of furan rings is 1. The molecule has 0 radical (unpaired) electrons. The normalized spacial score (nSPS) is 12.0. The minimum absolute atomic E-state index is 0.635. The zero-order chi connectivity index (χ0) is 36.0. The van der Waals surface area contributed by atoms with Crippen molar-refractivity contribution in [2.24, 2.45) is 0 Å². The summed E-state index contributed by atoms with van der Waals surface area (Å²) < 4.78 is 11.5. The van der Waals surface area contributed by atoms with Crippen LogP contribution in [0.15, 0.2) is 186 Å². The van der Waals surface area contributed by atoms with E-state index >= 15 is 0 Å². The predicted octanol–water partition coefficient (Wildman–Crippen LogP) is 13.1. The summed E-state index contributed by atoms with van der Waals surface area (Å²) in [5.74, 6) is 0.635. The number of benzene rings is 8. The number of nitrogens with zero attached hydrogens (tertiary/aromatic N) is 4. The van der Waals surface area contributed by atoms with Gasteiger partial charge in [0.25, 0.3) is 0 Å². The molecule has 0 fully saturated rings. The van der Waals surface area contributed by atoms with Gasteiger partial charge in [0.05, 0.1) is 38.7 Å². The van der Waals surface area contributed by atoms with E-state index in [-0.39, 0.29) is 0 Å². The Morgan fingerprint density at radius 1 is 0.382 bits per heavy atom. The zero-order valence-electron chi connectivity index (χ0n) is 29.5. The first kappa shape index (κ1) is 30.0. The largest absolute Gasteiger partial charge is 0.455 e. The van der Waals surface area contributed by atoms with Crippen molar-refractivity contribution in [1.29, 1.82) is 0 Å². The second-order valence-corrected chi connectivity index (χ2v) is 14.1. The smallest absolute Gasteiger partial charge is 0.235 e. The third kappa shape index (κ3) is 4.35. The summed E-state index contributed by atoms with van der Waals surface area (Å²) in [7, 11) is 0. The van der Waals surface area contributed by atoms with E-state index in [0.29, 0.717) is 5.95 Å². The molecule has 12 aromatic rings. The molecule has 0 bridgehead atoms. The van der Waals surface area contributed by atoms with Gasteiger partial charge < -0.3 is 8.98 Å². The van der Waals surface area contributed by atoms with E-state index < -0.39 is 0 Å². The molecule has 5 heteroatoms. The van der Waals surface area contributed by atoms with E-state index in [4.69, 9.17) is 14.4 Å². The molecule has 0 unspecified atom stereocenters. The summed E-state index contributed by atoms with van der Waals surface area (Å²) in [6, 6.07) is 64.1. The third-order valence-corrected chi connectivity index (χ3v) is 11.1. The molecule has 55 heavy (non-hydrogen) atoms. The minimum atomic E-state index is 0.635. The number of fused-ring (bicyclic) bond motifs is 12. The van der Waals surface area contributed by atoms with E-state index in [1.54, 1.807) is 0 Å². The van der Waals surface area contributed by atoms with Crippen molar-refractivity contribution in [3.63, 3.8) is 0 Å². The molecule has 0 N–H and O–H groups in total. The summed E-state index contributed by atoms with van der Waals surface area (Å²) >= 11 is 0. The van der Waals surface area contributed by atoms with Crippen LogP contribution in [-0.4, -0.2) is 19.1 Å². The molecule has 4 aromatic heterocycles. The second-order valence-electron chi connectivity index (χ2n) is 14.1. The van der Waals surface area contributed by atoms with Gasteiger partial charge in [0, 0.05) is 43.6 Å². The van der Waals surface area contributed by atoms with Gasteiger partial charge in [-0.25, -0.2) is 9.97 Å². The van der Waals surface area contributed by atoms with Crippen LogP contribution in [0.1, 0.15) is 0 Å². The van der Waals surface area contributed by atoms with Crippen LogP contribution in [-0.2, 0) is 0 Å². The lowest BCUT2D eigenvalue weighted by molar-refractivity contribution is 0.673. The highest BCUT2D eigenvalue weighted by molar-refractivity contribution is 6.34. The van der Waals surface area contributed by atoms with E-state index in [2.05, 4.69) is 173 Å². The van der Waals surface area contributed by atoms with Gasteiger partial charge in [0.2, 0.25) is 5.95 Å². The van der Waals surface area contributed by atoms with Crippen LogP contribution in [0, 0.1) is 0 Å².